The molecule has 0 unspecified atom stereocenters. The largest absolute Gasteiger partial charge is 0.832 e. The van der Waals surface area contributed by atoms with Crippen LogP contribution in [0.3, 0.4) is 0 Å². The minimum absolute atomic E-state index is 0.0163. The topological polar surface area (TPSA) is 135 Å². The SMILES string of the molecule is N#[N+]c1ccc([N+](=O)[O-])cc1.[O-]B(O)O. The lowest BCUT2D eigenvalue weighted by atomic mass is 10.3. The molecule has 0 amide bonds. The highest BCUT2D eigenvalue weighted by Crippen LogP contribution is 2.16. The predicted molar refractivity (Wildman–Crippen MR) is 48.0 cm³/mol. The van der Waals surface area contributed by atoms with Crippen LogP contribution in [0.4, 0.5) is 11.4 Å². The lowest BCUT2D eigenvalue weighted by Gasteiger charge is -1.92. The van der Waals surface area contributed by atoms with Crippen LogP contribution in [0.25, 0.3) is 4.98 Å². The molecule has 2 N–H and O–H groups in total. The summed E-state index contributed by atoms with van der Waals surface area (Å²) in [6, 6.07) is 5.26. The van der Waals surface area contributed by atoms with Gasteiger partial charge in [0.1, 0.15) is 0 Å². The molecule has 0 radical (unpaired) electrons. The molecule has 0 spiro atoms. The van der Waals surface area contributed by atoms with E-state index in [9.17, 15) is 10.1 Å². The van der Waals surface area contributed by atoms with Crippen molar-refractivity contribution in [1.82, 2.24) is 0 Å². The Labute approximate surface area is 84.4 Å². The maximum Gasteiger partial charge on any atom is 0.385 e. The molecule has 0 heterocycles. The van der Waals surface area contributed by atoms with Crippen molar-refractivity contribution < 1.29 is 20.0 Å². The fourth-order valence-electron chi connectivity index (χ4n) is 0.641. The van der Waals surface area contributed by atoms with Crippen LogP contribution >= 0.6 is 0 Å². The first-order valence-electron chi connectivity index (χ1n) is 3.59. The number of hydrogen-bond donors (Lipinski definition) is 2. The van der Waals surface area contributed by atoms with E-state index < -0.39 is 12.2 Å². The highest BCUT2D eigenvalue weighted by molar-refractivity contribution is 6.28. The van der Waals surface area contributed by atoms with Crippen LogP contribution in [-0.2, 0) is 0 Å². The average molecular weight is 211 g/mol. The number of nitro groups is 1. The van der Waals surface area contributed by atoms with Gasteiger partial charge in [0.2, 0.25) is 5.39 Å². The molecule has 0 bridgehead atoms. The first kappa shape index (κ1) is 13.0. The van der Waals surface area contributed by atoms with Crippen molar-refractivity contribution >= 4 is 18.7 Å². The first-order chi connectivity index (χ1) is 6.97. The lowest BCUT2D eigenvalue weighted by Crippen LogP contribution is -2.29. The Hall–Kier alpha value is -2.02. The number of benzene rings is 1. The molecule has 8 nitrogen and oxygen atoms in total. The molecule has 0 aliphatic rings. The molecular weight excluding hydrogens is 205 g/mol. The summed E-state index contributed by atoms with van der Waals surface area (Å²) in [6.07, 6.45) is 0. The summed E-state index contributed by atoms with van der Waals surface area (Å²) in [4.78, 5) is 12.4. The summed E-state index contributed by atoms with van der Waals surface area (Å²) in [5, 5.41) is 41.1. The minimum atomic E-state index is -2.42. The quantitative estimate of drug-likeness (QED) is 0.275. The fraction of sp³-hybridized carbons (Fsp3) is 0. The van der Waals surface area contributed by atoms with Crippen molar-refractivity contribution in [3.05, 3.63) is 39.4 Å². The molecule has 0 aromatic heterocycles. The van der Waals surface area contributed by atoms with Gasteiger partial charge in [0.25, 0.3) is 5.69 Å². The Morgan fingerprint density at radius 3 is 2.00 bits per heavy atom. The van der Waals surface area contributed by atoms with Gasteiger partial charge in [0.05, 0.1) is 4.92 Å². The van der Waals surface area contributed by atoms with Crippen LogP contribution in [0.5, 0.6) is 0 Å². The second kappa shape index (κ2) is 6.44. The van der Waals surface area contributed by atoms with Crippen molar-refractivity contribution in [3.63, 3.8) is 0 Å². The first-order valence-corrected chi connectivity index (χ1v) is 3.59. The predicted octanol–water partition coefficient (Wildman–Crippen LogP) is -0.604. The molecule has 0 aliphatic carbocycles. The number of hydrogen-bond acceptors (Lipinski definition) is 6. The van der Waals surface area contributed by atoms with E-state index >= 15 is 0 Å². The van der Waals surface area contributed by atoms with Crippen molar-refractivity contribution in [2.45, 2.75) is 0 Å². The van der Waals surface area contributed by atoms with Gasteiger partial charge in [0.15, 0.2) is 4.98 Å². The van der Waals surface area contributed by atoms with Gasteiger partial charge in [-0.15, -0.1) is 0 Å². The summed E-state index contributed by atoms with van der Waals surface area (Å²) in [5.41, 5.74) is 0.285. The lowest BCUT2D eigenvalue weighted by molar-refractivity contribution is -0.384. The van der Waals surface area contributed by atoms with E-state index in [-0.39, 0.29) is 5.69 Å². The summed E-state index contributed by atoms with van der Waals surface area (Å²) in [7, 11) is -2.42. The monoisotopic (exact) mass is 211 g/mol. The Bertz CT molecular complexity index is 357. The second-order valence-corrected chi connectivity index (χ2v) is 2.20. The number of rotatable bonds is 1. The van der Waals surface area contributed by atoms with Crippen LogP contribution in [0.15, 0.2) is 24.3 Å². The van der Waals surface area contributed by atoms with E-state index in [4.69, 9.17) is 20.5 Å². The second-order valence-electron chi connectivity index (χ2n) is 2.20. The third kappa shape index (κ3) is 6.11. The molecule has 1 aromatic carbocycles. The molecule has 1 rings (SSSR count). The Morgan fingerprint density at radius 2 is 1.73 bits per heavy atom. The highest BCUT2D eigenvalue weighted by Gasteiger charge is 2.08. The summed E-state index contributed by atoms with van der Waals surface area (Å²) in [5.74, 6) is 0. The molecule has 0 saturated carbocycles. The van der Waals surface area contributed by atoms with E-state index in [0.29, 0.717) is 5.69 Å². The molecular formula is C6H6BN3O5. The molecule has 0 aliphatic heterocycles. The van der Waals surface area contributed by atoms with E-state index in [1.54, 1.807) is 0 Å². The third-order valence-electron chi connectivity index (χ3n) is 1.18. The number of diazo groups is 1. The van der Waals surface area contributed by atoms with E-state index in [1.165, 1.54) is 24.3 Å². The van der Waals surface area contributed by atoms with Crippen molar-refractivity contribution in [2.24, 2.45) is 0 Å². The van der Waals surface area contributed by atoms with Gasteiger partial charge >= 0.3 is 13.0 Å². The van der Waals surface area contributed by atoms with Crippen LogP contribution in [0.2, 0.25) is 0 Å². The summed E-state index contributed by atoms with van der Waals surface area (Å²) >= 11 is 0. The van der Waals surface area contributed by atoms with E-state index in [2.05, 4.69) is 4.98 Å². The Balaban J connectivity index is 0.000000423. The van der Waals surface area contributed by atoms with Gasteiger partial charge in [-0.05, 0) is 0 Å². The zero-order chi connectivity index (χ0) is 11.8. The standard InChI is InChI=1S/C6H4N3O2.BH2O3/c7-8-5-1-3-6(4-2-5)9(10)11;2-1(3)4/h1-4H;2-3H/q+1;-1. The average Bonchev–Trinajstić information content (AvgIpc) is 2.17. The maximum absolute atomic E-state index is 10.1. The molecule has 0 atom stereocenters. The van der Waals surface area contributed by atoms with Crippen molar-refractivity contribution in [3.8, 4) is 0 Å². The van der Waals surface area contributed by atoms with Gasteiger partial charge in [-0.3, -0.25) is 10.1 Å². The zero-order valence-corrected chi connectivity index (χ0v) is 7.35. The van der Waals surface area contributed by atoms with Crippen LogP contribution in [0.1, 0.15) is 0 Å². The van der Waals surface area contributed by atoms with Crippen LogP contribution in [0, 0.1) is 15.5 Å². The number of non-ortho nitro benzene ring substituents is 1. The maximum atomic E-state index is 10.1. The van der Waals surface area contributed by atoms with Crippen LogP contribution < -0.4 is 5.02 Å². The summed E-state index contributed by atoms with van der Waals surface area (Å²) in [6.45, 7) is 0. The Kier molecular flexibility index (Phi) is 5.58. The van der Waals surface area contributed by atoms with Gasteiger partial charge in [0, 0.05) is 24.3 Å². The normalized spacial score (nSPS) is 8.13. The van der Waals surface area contributed by atoms with E-state index in [0.717, 1.165) is 0 Å². The molecule has 0 saturated heterocycles. The van der Waals surface area contributed by atoms with Gasteiger partial charge in [-0.2, -0.15) is 0 Å². The molecule has 0 fully saturated rings. The van der Waals surface area contributed by atoms with E-state index in [1.807, 2.05) is 0 Å². The van der Waals surface area contributed by atoms with Gasteiger partial charge < -0.3 is 15.1 Å². The Morgan fingerprint density at radius 1 is 1.33 bits per heavy atom. The summed E-state index contributed by atoms with van der Waals surface area (Å²) < 4.78 is 0. The molecule has 78 valence electrons. The fourth-order valence-corrected chi connectivity index (χ4v) is 0.641. The third-order valence-corrected chi connectivity index (χ3v) is 1.18. The zero-order valence-electron chi connectivity index (χ0n) is 7.35. The van der Waals surface area contributed by atoms with Crippen molar-refractivity contribution in [2.75, 3.05) is 0 Å². The number of nitrogens with zero attached hydrogens (tertiary/aromatic N) is 3. The van der Waals surface area contributed by atoms with Gasteiger partial charge in [-0.25, -0.2) is 0 Å². The van der Waals surface area contributed by atoms with Crippen molar-refractivity contribution in [1.29, 1.82) is 5.39 Å². The molecule has 15 heavy (non-hydrogen) atoms. The van der Waals surface area contributed by atoms with Gasteiger partial charge in [-0.1, -0.05) is 0 Å². The minimum Gasteiger partial charge on any atom is -0.832 e. The smallest absolute Gasteiger partial charge is 0.385 e. The molecule has 9 heteroatoms. The number of nitro benzene ring substituents is 1. The highest BCUT2D eigenvalue weighted by atomic mass is 16.6. The van der Waals surface area contributed by atoms with Crippen LogP contribution in [-0.4, -0.2) is 22.3 Å². The molecule has 1 aromatic rings.